The van der Waals surface area contributed by atoms with Crippen LogP contribution < -0.4 is 10.1 Å². The van der Waals surface area contributed by atoms with Crippen LogP contribution in [0.25, 0.3) is 0 Å². The molecular formula is C26H28N4O3S. The lowest BCUT2D eigenvalue weighted by atomic mass is 9.96. The number of ether oxygens (including phenoxy) is 2. The van der Waals surface area contributed by atoms with Crippen LogP contribution in [0.15, 0.2) is 77.6 Å². The largest absolute Gasteiger partial charge is 0.489 e. The Kier molecular flexibility index (Phi) is 7.37. The number of fused-ring (bicyclic) bond motifs is 1. The van der Waals surface area contributed by atoms with Gasteiger partial charge in [0.05, 0.1) is 5.57 Å². The summed E-state index contributed by atoms with van der Waals surface area (Å²) < 4.78 is 13.2. The van der Waals surface area contributed by atoms with Crippen LogP contribution in [0.5, 0.6) is 5.75 Å². The molecule has 0 saturated heterocycles. The fourth-order valence-electron chi connectivity index (χ4n) is 3.79. The van der Waals surface area contributed by atoms with E-state index in [2.05, 4.69) is 41.0 Å². The molecule has 1 N–H and O–H groups in total. The van der Waals surface area contributed by atoms with E-state index in [9.17, 15) is 4.79 Å². The number of hydrogen-bond donors (Lipinski definition) is 1. The third-order valence-corrected chi connectivity index (χ3v) is 6.23. The van der Waals surface area contributed by atoms with Gasteiger partial charge in [0.25, 0.3) is 0 Å². The number of benzene rings is 2. The number of carbonyl (C=O) groups excluding carboxylic acids is 1. The maximum Gasteiger partial charge on any atom is 0.338 e. The number of aryl methyl sites for hydroxylation is 1. The van der Waals surface area contributed by atoms with E-state index < -0.39 is 12.0 Å². The van der Waals surface area contributed by atoms with Gasteiger partial charge in [-0.1, -0.05) is 67.7 Å². The minimum atomic E-state index is -0.474. The van der Waals surface area contributed by atoms with Crippen molar-refractivity contribution in [3.05, 3.63) is 89.1 Å². The molecule has 0 bridgehead atoms. The summed E-state index contributed by atoms with van der Waals surface area (Å²) in [6, 6.07) is 15.4. The van der Waals surface area contributed by atoms with E-state index in [0.29, 0.717) is 29.0 Å². The van der Waals surface area contributed by atoms with Gasteiger partial charge in [-0.05, 0) is 48.4 Å². The van der Waals surface area contributed by atoms with Gasteiger partial charge < -0.3 is 14.8 Å². The summed E-state index contributed by atoms with van der Waals surface area (Å²) in [5, 5.41) is 8.53. The first-order valence-corrected chi connectivity index (χ1v) is 12.1. The number of anilines is 1. The molecule has 34 heavy (non-hydrogen) atoms. The van der Waals surface area contributed by atoms with Crippen LogP contribution in [-0.2, 0) is 16.1 Å². The Morgan fingerprint density at radius 2 is 1.97 bits per heavy atom. The Labute approximate surface area is 203 Å². The lowest BCUT2D eigenvalue weighted by molar-refractivity contribution is -0.138. The number of carbonyl (C=O) groups is 1. The average Bonchev–Trinajstić information content (AvgIpc) is 3.23. The number of rotatable bonds is 9. The van der Waals surface area contributed by atoms with E-state index in [0.717, 1.165) is 22.6 Å². The quantitative estimate of drug-likeness (QED) is 0.255. The first-order chi connectivity index (χ1) is 16.5. The van der Waals surface area contributed by atoms with Crippen LogP contribution in [0.2, 0.25) is 0 Å². The van der Waals surface area contributed by atoms with E-state index in [-0.39, 0.29) is 6.61 Å². The van der Waals surface area contributed by atoms with Crippen LogP contribution >= 0.6 is 11.8 Å². The molecule has 0 radical (unpaired) electrons. The van der Waals surface area contributed by atoms with Gasteiger partial charge >= 0.3 is 5.97 Å². The summed E-state index contributed by atoms with van der Waals surface area (Å²) in [6.07, 6.45) is 1.55. The zero-order valence-electron chi connectivity index (χ0n) is 19.6. The second-order valence-electron chi connectivity index (χ2n) is 7.83. The predicted molar refractivity (Wildman–Crippen MR) is 134 cm³/mol. The van der Waals surface area contributed by atoms with Crippen molar-refractivity contribution in [1.82, 2.24) is 14.8 Å². The second-order valence-corrected chi connectivity index (χ2v) is 9.06. The first kappa shape index (κ1) is 23.6. The van der Waals surface area contributed by atoms with Crippen molar-refractivity contribution in [2.45, 2.75) is 38.6 Å². The van der Waals surface area contributed by atoms with Crippen molar-refractivity contribution in [3.8, 4) is 5.75 Å². The molecule has 0 spiro atoms. The summed E-state index contributed by atoms with van der Waals surface area (Å²) >= 11 is 1.55. The van der Waals surface area contributed by atoms with Crippen molar-refractivity contribution in [1.29, 1.82) is 0 Å². The molecule has 7 nitrogen and oxygen atoms in total. The molecule has 3 aromatic rings. The van der Waals surface area contributed by atoms with E-state index >= 15 is 0 Å². The molecule has 0 fully saturated rings. The van der Waals surface area contributed by atoms with Gasteiger partial charge in [0.2, 0.25) is 11.1 Å². The van der Waals surface area contributed by atoms with Crippen LogP contribution in [0.4, 0.5) is 5.95 Å². The maximum atomic E-state index is 13.0. The van der Waals surface area contributed by atoms with Gasteiger partial charge in [0, 0.05) is 5.70 Å². The van der Waals surface area contributed by atoms with Gasteiger partial charge in [0.1, 0.15) is 25.0 Å². The summed E-state index contributed by atoms with van der Waals surface area (Å²) in [4.78, 5) is 17.6. The lowest BCUT2D eigenvalue weighted by Gasteiger charge is -2.28. The van der Waals surface area contributed by atoms with Crippen molar-refractivity contribution in [2.75, 3.05) is 17.7 Å². The molecular weight excluding hydrogens is 448 g/mol. The van der Waals surface area contributed by atoms with E-state index in [4.69, 9.17) is 9.47 Å². The molecule has 0 amide bonds. The van der Waals surface area contributed by atoms with Crippen LogP contribution in [0.1, 0.15) is 36.6 Å². The molecule has 2 heterocycles. The number of aromatic nitrogens is 3. The second kappa shape index (κ2) is 10.6. The first-order valence-electron chi connectivity index (χ1n) is 11.1. The summed E-state index contributed by atoms with van der Waals surface area (Å²) in [5.41, 5.74) is 4.39. The number of nitrogens with zero attached hydrogens (tertiary/aromatic N) is 3. The Morgan fingerprint density at radius 1 is 1.21 bits per heavy atom. The van der Waals surface area contributed by atoms with Gasteiger partial charge in [-0.3, -0.25) is 0 Å². The average molecular weight is 477 g/mol. The molecule has 1 unspecified atom stereocenters. The van der Waals surface area contributed by atoms with Crippen LogP contribution in [0.3, 0.4) is 0 Å². The Hall–Kier alpha value is -3.52. The molecule has 2 aromatic carbocycles. The van der Waals surface area contributed by atoms with Crippen molar-refractivity contribution in [2.24, 2.45) is 0 Å². The zero-order chi connectivity index (χ0) is 24.1. The molecule has 1 aliphatic rings. The maximum absolute atomic E-state index is 13.0. The standard InChI is InChI=1S/C26H28N4O3S/c1-5-15-32-24(31)22-18(4)27-25-28-26(34-6-2)29-30(25)23(22)19-11-13-21(14-12-19)33-16-20-10-8-7-9-17(20)3/h5,7-14,23H,1,6,15-16H2,2-4H3,(H,27,28,29). The van der Waals surface area contributed by atoms with Crippen molar-refractivity contribution < 1.29 is 14.3 Å². The Balaban J connectivity index is 1.64. The molecule has 1 aromatic heterocycles. The molecule has 0 aliphatic carbocycles. The van der Waals surface area contributed by atoms with Crippen molar-refractivity contribution >= 4 is 23.7 Å². The summed E-state index contributed by atoms with van der Waals surface area (Å²) in [7, 11) is 0. The smallest absolute Gasteiger partial charge is 0.338 e. The predicted octanol–water partition coefficient (Wildman–Crippen LogP) is 5.30. The molecule has 176 valence electrons. The SMILES string of the molecule is C=CCOC(=O)C1=C(C)Nc2nc(SCC)nn2C1c1ccc(OCc2ccccc2C)cc1. The number of esters is 1. The third kappa shape index (κ3) is 5.02. The summed E-state index contributed by atoms with van der Waals surface area (Å²) in [6.45, 7) is 10.2. The fourth-order valence-corrected chi connectivity index (χ4v) is 4.34. The minimum absolute atomic E-state index is 0.134. The fraction of sp³-hybridized carbons (Fsp3) is 0.269. The highest BCUT2D eigenvalue weighted by molar-refractivity contribution is 7.99. The van der Waals surface area contributed by atoms with Crippen LogP contribution in [-0.4, -0.2) is 33.1 Å². The number of nitrogens with one attached hydrogen (secondary N) is 1. The number of hydrogen-bond acceptors (Lipinski definition) is 7. The van der Waals surface area contributed by atoms with Gasteiger partial charge in [-0.25, -0.2) is 9.48 Å². The Morgan fingerprint density at radius 3 is 2.68 bits per heavy atom. The number of allylic oxidation sites excluding steroid dienone is 1. The highest BCUT2D eigenvalue weighted by atomic mass is 32.2. The third-order valence-electron chi connectivity index (χ3n) is 5.51. The van der Waals surface area contributed by atoms with E-state index in [1.807, 2.05) is 50.2 Å². The molecule has 0 saturated carbocycles. The molecule has 4 rings (SSSR count). The molecule has 8 heteroatoms. The molecule has 1 atom stereocenters. The van der Waals surface area contributed by atoms with Gasteiger partial charge in [-0.15, -0.1) is 5.10 Å². The number of thioether (sulfide) groups is 1. The summed E-state index contributed by atoms with van der Waals surface area (Å²) in [5.74, 6) is 1.78. The lowest BCUT2D eigenvalue weighted by Crippen LogP contribution is -2.29. The van der Waals surface area contributed by atoms with Gasteiger partial charge in [-0.2, -0.15) is 4.98 Å². The highest BCUT2D eigenvalue weighted by Crippen LogP contribution is 2.37. The zero-order valence-corrected chi connectivity index (χ0v) is 20.4. The monoisotopic (exact) mass is 476 g/mol. The normalized spacial score (nSPS) is 14.9. The minimum Gasteiger partial charge on any atom is -0.489 e. The molecule has 1 aliphatic heterocycles. The van der Waals surface area contributed by atoms with E-state index in [1.165, 1.54) is 5.56 Å². The Bertz CT molecular complexity index is 1220. The van der Waals surface area contributed by atoms with Crippen molar-refractivity contribution in [3.63, 3.8) is 0 Å². The van der Waals surface area contributed by atoms with Gasteiger partial charge in [0.15, 0.2) is 0 Å². The van der Waals surface area contributed by atoms with E-state index in [1.54, 1.807) is 22.5 Å². The highest BCUT2D eigenvalue weighted by Gasteiger charge is 2.35. The topological polar surface area (TPSA) is 78.3 Å². The van der Waals surface area contributed by atoms with Crippen LogP contribution in [0, 0.1) is 6.92 Å².